The third-order valence-electron chi connectivity index (χ3n) is 3.05. The summed E-state index contributed by atoms with van der Waals surface area (Å²) in [6, 6.07) is 16.3. The number of carbonyl (C=O) groups excluding carboxylic acids is 1. The van der Waals surface area contributed by atoms with Crippen LogP contribution in [-0.2, 0) is 4.74 Å². The minimum absolute atomic E-state index is 0.0241. The summed E-state index contributed by atoms with van der Waals surface area (Å²) in [5.41, 5.74) is 1.40. The molecule has 4 heteroatoms. The number of aryl methyl sites for hydroxylation is 1. The normalized spacial score (nSPS) is 9.48. The molecule has 23 heavy (non-hydrogen) atoms. The molecule has 122 valence electrons. The fourth-order valence-electron chi connectivity index (χ4n) is 1.77. The zero-order valence-electron chi connectivity index (χ0n) is 13.5. The summed E-state index contributed by atoms with van der Waals surface area (Å²) in [4.78, 5) is 22.4. The first-order valence-corrected chi connectivity index (χ1v) is 7.57. The number of hydrogen-bond acceptors (Lipinski definition) is 3. The lowest BCUT2D eigenvalue weighted by Crippen LogP contribution is -2.12. The molecule has 0 aromatic heterocycles. The van der Waals surface area contributed by atoms with Crippen molar-refractivity contribution in [3.05, 3.63) is 71.3 Å². The third-order valence-corrected chi connectivity index (χ3v) is 3.05. The van der Waals surface area contributed by atoms with Gasteiger partial charge in [0.2, 0.25) is 0 Å². The summed E-state index contributed by atoms with van der Waals surface area (Å²) >= 11 is 0. The summed E-state index contributed by atoms with van der Waals surface area (Å²) in [5.74, 6) is -1.70. The van der Waals surface area contributed by atoms with E-state index in [0.29, 0.717) is 6.61 Å². The molecule has 0 spiro atoms. The average Bonchev–Trinajstić information content (AvgIpc) is 2.56. The Morgan fingerprint density at radius 3 is 2.00 bits per heavy atom. The molecule has 2 aromatic carbocycles. The Hall–Kier alpha value is -2.62. The van der Waals surface area contributed by atoms with Crippen LogP contribution >= 0.6 is 0 Å². The molecule has 0 radical (unpaired) electrons. The smallest absolute Gasteiger partial charge is 0.339 e. The maximum Gasteiger partial charge on any atom is 0.339 e. The second-order valence-electron chi connectivity index (χ2n) is 4.99. The van der Waals surface area contributed by atoms with Crippen molar-refractivity contribution in [3.8, 4) is 0 Å². The Kier molecular flexibility index (Phi) is 8.14. The van der Waals surface area contributed by atoms with Crippen LogP contribution < -0.4 is 0 Å². The molecule has 4 nitrogen and oxygen atoms in total. The van der Waals surface area contributed by atoms with E-state index in [1.165, 1.54) is 17.7 Å². The van der Waals surface area contributed by atoms with E-state index >= 15 is 0 Å². The second-order valence-corrected chi connectivity index (χ2v) is 4.99. The lowest BCUT2D eigenvalue weighted by Gasteiger charge is -2.06. The molecule has 2 rings (SSSR count). The molecule has 0 bridgehead atoms. The molecular formula is C19H22O4. The van der Waals surface area contributed by atoms with Gasteiger partial charge in [0, 0.05) is 0 Å². The number of ether oxygens (including phenoxy) is 1. The molecular weight excluding hydrogens is 292 g/mol. The fraction of sp³-hybridized carbons (Fsp3) is 0.263. The zero-order chi connectivity index (χ0) is 17.1. The lowest BCUT2D eigenvalue weighted by molar-refractivity contribution is 0.0489. The van der Waals surface area contributed by atoms with Crippen LogP contribution in [0.5, 0.6) is 0 Å². The van der Waals surface area contributed by atoms with Gasteiger partial charge in [-0.2, -0.15) is 0 Å². The van der Waals surface area contributed by atoms with Crippen molar-refractivity contribution in [1.29, 1.82) is 0 Å². The maximum atomic E-state index is 11.6. The van der Waals surface area contributed by atoms with E-state index in [2.05, 4.69) is 19.1 Å². The topological polar surface area (TPSA) is 63.6 Å². The molecule has 0 saturated heterocycles. The Labute approximate surface area is 136 Å². The van der Waals surface area contributed by atoms with Crippen molar-refractivity contribution >= 4 is 11.9 Å². The van der Waals surface area contributed by atoms with E-state index < -0.39 is 11.9 Å². The Balaban J connectivity index is 0.000000313. The molecule has 0 aliphatic carbocycles. The van der Waals surface area contributed by atoms with E-state index in [0.717, 1.165) is 12.8 Å². The van der Waals surface area contributed by atoms with Gasteiger partial charge in [0.25, 0.3) is 0 Å². The number of carboxylic acid groups (broad SMARTS) is 1. The molecule has 0 saturated carbocycles. The summed E-state index contributed by atoms with van der Waals surface area (Å²) in [7, 11) is 0. The van der Waals surface area contributed by atoms with Gasteiger partial charge in [-0.15, -0.1) is 0 Å². The van der Waals surface area contributed by atoms with E-state index in [1.54, 1.807) is 12.1 Å². The van der Waals surface area contributed by atoms with Crippen molar-refractivity contribution < 1.29 is 19.4 Å². The van der Waals surface area contributed by atoms with Crippen molar-refractivity contribution in [2.75, 3.05) is 6.61 Å². The Bertz CT molecular complexity index is 620. The number of unbranched alkanes of at least 4 members (excludes halogenated alkanes) is 1. The van der Waals surface area contributed by atoms with Crippen LogP contribution in [0.25, 0.3) is 0 Å². The zero-order valence-corrected chi connectivity index (χ0v) is 13.5. The number of rotatable bonds is 5. The van der Waals surface area contributed by atoms with Crippen molar-refractivity contribution in [1.82, 2.24) is 0 Å². The van der Waals surface area contributed by atoms with Gasteiger partial charge in [0.15, 0.2) is 0 Å². The van der Waals surface area contributed by atoms with Gasteiger partial charge in [0.05, 0.1) is 17.7 Å². The number of hydrogen-bond donors (Lipinski definition) is 1. The van der Waals surface area contributed by atoms with Gasteiger partial charge in [0.1, 0.15) is 0 Å². The second kappa shape index (κ2) is 10.2. The molecule has 0 aliphatic heterocycles. The average molecular weight is 314 g/mol. The number of esters is 1. The minimum atomic E-state index is -1.12. The van der Waals surface area contributed by atoms with Gasteiger partial charge in [-0.1, -0.05) is 61.4 Å². The summed E-state index contributed by atoms with van der Waals surface area (Å²) in [5, 5.41) is 8.88. The largest absolute Gasteiger partial charge is 0.478 e. The molecule has 0 amide bonds. The van der Waals surface area contributed by atoms with Crippen LogP contribution in [0.1, 0.15) is 46.0 Å². The molecule has 0 unspecified atom stereocenters. The highest BCUT2D eigenvalue weighted by atomic mass is 16.5. The van der Waals surface area contributed by atoms with Crippen LogP contribution in [0, 0.1) is 6.92 Å². The van der Waals surface area contributed by atoms with Gasteiger partial charge >= 0.3 is 11.9 Å². The number of aromatic carboxylic acids is 1. The molecule has 0 heterocycles. The maximum absolute atomic E-state index is 11.6. The summed E-state index contributed by atoms with van der Waals surface area (Å²) in [6.45, 7) is 4.39. The highest BCUT2D eigenvalue weighted by Crippen LogP contribution is 2.10. The lowest BCUT2D eigenvalue weighted by atomic mass is 10.1. The van der Waals surface area contributed by atoms with Crippen molar-refractivity contribution in [2.24, 2.45) is 0 Å². The number of carbonyl (C=O) groups is 2. The van der Waals surface area contributed by atoms with Crippen LogP contribution in [0.2, 0.25) is 0 Å². The SMILES string of the molecule is CCCCOC(=O)c1ccccc1C(=O)O.Cc1ccccc1. The highest BCUT2D eigenvalue weighted by Gasteiger charge is 2.16. The fourth-order valence-corrected chi connectivity index (χ4v) is 1.77. The molecule has 0 atom stereocenters. The molecule has 1 N–H and O–H groups in total. The first kappa shape index (κ1) is 18.4. The van der Waals surface area contributed by atoms with Crippen LogP contribution in [0.15, 0.2) is 54.6 Å². The molecule has 0 fully saturated rings. The van der Waals surface area contributed by atoms with Crippen LogP contribution in [-0.4, -0.2) is 23.7 Å². The van der Waals surface area contributed by atoms with E-state index in [4.69, 9.17) is 9.84 Å². The standard InChI is InChI=1S/C12H14O4.C7H8/c1-2-3-8-16-12(15)10-7-5-4-6-9(10)11(13)14;1-7-5-3-2-4-6-7/h4-7H,2-3,8H2,1H3,(H,13,14);2-6H,1H3. The first-order valence-electron chi connectivity index (χ1n) is 7.57. The molecule has 2 aromatic rings. The Morgan fingerprint density at radius 1 is 0.957 bits per heavy atom. The summed E-state index contributed by atoms with van der Waals surface area (Å²) < 4.78 is 4.96. The predicted octanol–water partition coefficient (Wildman–Crippen LogP) is 4.34. The quantitative estimate of drug-likeness (QED) is 0.659. The van der Waals surface area contributed by atoms with Crippen molar-refractivity contribution in [3.63, 3.8) is 0 Å². The van der Waals surface area contributed by atoms with Crippen molar-refractivity contribution in [2.45, 2.75) is 26.7 Å². The van der Waals surface area contributed by atoms with Crippen LogP contribution in [0.3, 0.4) is 0 Å². The third kappa shape index (κ3) is 6.78. The van der Waals surface area contributed by atoms with E-state index in [9.17, 15) is 9.59 Å². The van der Waals surface area contributed by atoms with Gasteiger partial charge in [-0.3, -0.25) is 0 Å². The molecule has 0 aliphatic rings. The van der Waals surface area contributed by atoms with Gasteiger partial charge in [-0.05, 0) is 25.5 Å². The first-order chi connectivity index (χ1) is 11.1. The number of carboxylic acids is 1. The van der Waals surface area contributed by atoms with Crippen LogP contribution in [0.4, 0.5) is 0 Å². The Morgan fingerprint density at radius 2 is 1.52 bits per heavy atom. The predicted molar refractivity (Wildman–Crippen MR) is 89.8 cm³/mol. The minimum Gasteiger partial charge on any atom is -0.478 e. The van der Waals surface area contributed by atoms with E-state index in [-0.39, 0.29) is 11.1 Å². The van der Waals surface area contributed by atoms with Gasteiger partial charge in [-0.25, -0.2) is 9.59 Å². The monoisotopic (exact) mass is 314 g/mol. The van der Waals surface area contributed by atoms with Gasteiger partial charge < -0.3 is 9.84 Å². The van der Waals surface area contributed by atoms with E-state index in [1.807, 2.05) is 25.1 Å². The summed E-state index contributed by atoms with van der Waals surface area (Å²) in [6.07, 6.45) is 1.70. The highest BCUT2D eigenvalue weighted by molar-refractivity contribution is 6.02. The number of benzene rings is 2.